The highest BCUT2D eigenvalue weighted by molar-refractivity contribution is 6.21. The minimum atomic E-state index is 0.604. The van der Waals surface area contributed by atoms with Crippen molar-refractivity contribution in [1.82, 2.24) is 29.9 Å². The number of nitrogens with zero attached hydrogens (tertiary/aromatic N) is 6. The van der Waals surface area contributed by atoms with Crippen LogP contribution < -0.4 is 28.4 Å². The Bertz CT molecular complexity index is 3150. The second-order valence-electron chi connectivity index (χ2n) is 30.9. The minimum absolute atomic E-state index is 0.604. The Balaban J connectivity index is 1.27. The van der Waals surface area contributed by atoms with Crippen LogP contribution in [-0.2, 0) is 0 Å². The number of ether oxygens (including phenoxy) is 6. The predicted octanol–water partition coefficient (Wildman–Crippen LogP) is 29.2. The molecule has 0 aliphatic carbocycles. The molecule has 12 nitrogen and oxygen atoms in total. The summed E-state index contributed by atoms with van der Waals surface area (Å²) in [4.78, 5) is 33.4. The van der Waals surface area contributed by atoms with E-state index in [0.717, 1.165) is 77.0 Å². The molecule has 0 amide bonds. The molecule has 7 rings (SSSR count). The lowest BCUT2D eigenvalue weighted by Crippen LogP contribution is -2.05. The molecule has 0 radical (unpaired) electrons. The van der Waals surface area contributed by atoms with Gasteiger partial charge in [0.1, 0.15) is 33.1 Å². The number of aromatic nitrogens is 6. The van der Waals surface area contributed by atoms with E-state index in [0.29, 0.717) is 140 Å². The second-order valence-corrected chi connectivity index (χ2v) is 30.9. The van der Waals surface area contributed by atoms with Gasteiger partial charge in [-0.15, -0.1) is 0 Å². The minimum Gasteiger partial charge on any atom is -0.490 e. The van der Waals surface area contributed by atoms with Crippen molar-refractivity contribution in [3.63, 3.8) is 0 Å². The summed E-state index contributed by atoms with van der Waals surface area (Å²) in [5.74, 6) is 4.22. The topological polar surface area (TPSA) is 133 Å². The van der Waals surface area contributed by atoms with E-state index < -0.39 is 0 Å². The summed E-state index contributed by atoms with van der Waals surface area (Å²) in [6, 6.07) is 12.3. The van der Waals surface area contributed by atoms with Gasteiger partial charge in [0.2, 0.25) is 0 Å². The van der Waals surface area contributed by atoms with E-state index >= 15 is 0 Å². The van der Waals surface area contributed by atoms with Crippen LogP contribution >= 0.6 is 0 Å². The molecule has 0 unspecified atom stereocenters. The number of fused-ring (bicyclic) bond motifs is 9. The van der Waals surface area contributed by atoms with Gasteiger partial charge in [0.25, 0.3) is 0 Å². The maximum absolute atomic E-state index is 6.79. The van der Waals surface area contributed by atoms with Gasteiger partial charge in [-0.3, -0.25) is 0 Å². The highest BCUT2D eigenvalue weighted by Crippen LogP contribution is 2.41. The number of benzene rings is 4. The van der Waals surface area contributed by atoms with Crippen molar-refractivity contribution in [2.45, 2.75) is 401 Å². The summed E-state index contributed by atoms with van der Waals surface area (Å²) in [6.07, 6.45) is 70.4. The lowest BCUT2D eigenvalue weighted by Gasteiger charge is -2.16. The maximum atomic E-state index is 6.79. The Morgan fingerprint density at radius 1 is 0.154 bits per heavy atom. The molecule has 12 heteroatoms. The van der Waals surface area contributed by atoms with Crippen LogP contribution in [0, 0.1) is 0 Å². The van der Waals surface area contributed by atoms with E-state index in [1.807, 2.05) is 24.3 Å². The molecule has 0 fully saturated rings. The molecular weight excluding hydrogens is 1290 g/mol. The van der Waals surface area contributed by atoms with Gasteiger partial charge in [-0.1, -0.05) is 363 Å². The Kier molecular flexibility index (Phi) is 45.3. The molecule has 104 heavy (non-hydrogen) atoms. The molecule has 3 heterocycles. The molecular formula is C92H148N6O6. The van der Waals surface area contributed by atoms with Gasteiger partial charge in [0.15, 0.2) is 34.5 Å². The van der Waals surface area contributed by atoms with Crippen molar-refractivity contribution in [2.24, 2.45) is 0 Å². The maximum Gasteiger partial charge on any atom is 0.163 e. The zero-order valence-electron chi connectivity index (χ0n) is 67.4. The third-order valence-corrected chi connectivity index (χ3v) is 21.4. The molecule has 582 valence electrons. The van der Waals surface area contributed by atoms with E-state index in [4.69, 9.17) is 58.3 Å². The highest BCUT2D eigenvalue weighted by Gasteiger charge is 2.23. The highest BCUT2D eigenvalue weighted by atomic mass is 16.5. The molecule has 4 aromatic carbocycles. The van der Waals surface area contributed by atoms with Crippen LogP contribution in [-0.4, -0.2) is 69.5 Å². The Hall–Kier alpha value is -5.52. The molecule has 0 saturated heterocycles. The van der Waals surface area contributed by atoms with Crippen LogP contribution in [0.25, 0.3) is 66.2 Å². The lowest BCUT2D eigenvalue weighted by molar-refractivity contribution is 0.259. The third kappa shape index (κ3) is 32.5. The molecule has 0 spiro atoms. The van der Waals surface area contributed by atoms with Crippen LogP contribution in [0.3, 0.4) is 0 Å². The van der Waals surface area contributed by atoms with Crippen LogP contribution in [0.15, 0.2) is 36.4 Å². The van der Waals surface area contributed by atoms with E-state index in [1.165, 1.54) is 283 Å². The second kappa shape index (κ2) is 55.0. The van der Waals surface area contributed by atoms with Crippen LogP contribution in [0.2, 0.25) is 0 Å². The molecule has 0 aliphatic heterocycles. The Morgan fingerprint density at radius 2 is 0.260 bits per heavy atom. The fourth-order valence-corrected chi connectivity index (χ4v) is 14.8. The van der Waals surface area contributed by atoms with Crippen molar-refractivity contribution in [1.29, 1.82) is 0 Å². The van der Waals surface area contributed by atoms with E-state index in [9.17, 15) is 0 Å². The molecule has 0 N–H and O–H groups in total. The van der Waals surface area contributed by atoms with Crippen molar-refractivity contribution >= 4 is 66.2 Å². The summed E-state index contributed by atoms with van der Waals surface area (Å²) < 4.78 is 40.5. The fraction of sp³-hybridized carbons (Fsp3) is 0.739. The van der Waals surface area contributed by atoms with Crippen LogP contribution in [0.1, 0.15) is 401 Å². The number of hydrogen-bond donors (Lipinski definition) is 0. The van der Waals surface area contributed by atoms with E-state index in [1.54, 1.807) is 0 Å². The summed E-state index contributed by atoms with van der Waals surface area (Å²) in [5, 5.41) is 0. The zero-order valence-corrected chi connectivity index (χ0v) is 67.4. The molecule has 0 bridgehead atoms. The van der Waals surface area contributed by atoms with Gasteiger partial charge in [-0.05, 0) is 38.5 Å². The van der Waals surface area contributed by atoms with Gasteiger partial charge >= 0.3 is 0 Å². The summed E-state index contributed by atoms with van der Waals surface area (Å²) in [7, 11) is 0. The first-order valence-corrected chi connectivity index (χ1v) is 44.3. The number of unbranched alkanes of at least 4 members (excludes halogenated alkanes) is 50. The predicted molar refractivity (Wildman–Crippen MR) is 444 cm³/mol. The smallest absolute Gasteiger partial charge is 0.163 e. The number of hydrogen-bond acceptors (Lipinski definition) is 12. The SMILES string of the molecule is CCCCCCCCCCCCCCOc1cc2nc3c4nc5cc(OCCCCCCCCCC)c(OCCCCCCCCCC)cc5nc4c4nc5cc(OCCCCCCCCCC)c(OCCCCCCCCCC)cc5nc4c3nc2cc1OCCCCCCCCCCCCCC. The summed E-state index contributed by atoms with van der Waals surface area (Å²) in [6.45, 7) is 17.4. The molecule has 7 aromatic rings. The Morgan fingerprint density at radius 3 is 0.375 bits per heavy atom. The monoisotopic (exact) mass is 1430 g/mol. The molecule has 0 aliphatic rings. The van der Waals surface area contributed by atoms with Crippen LogP contribution in [0.4, 0.5) is 0 Å². The summed E-state index contributed by atoms with van der Waals surface area (Å²) in [5.41, 5.74) is 7.81. The first-order valence-electron chi connectivity index (χ1n) is 44.3. The number of rotatable bonds is 68. The molecule has 3 aromatic heterocycles. The van der Waals surface area contributed by atoms with Gasteiger partial charge in [0, 0.05) is 36.4 Å². The first kappa shape index (κ1) is 85.7. The normalized spacial score (nSPS) is 11.8. The van der Waals surface area contributed by atoms with Crippen molar-refractivity contribution < 1.29 is 28.4 Å². The molecule has 0 saturated carbocycles. The van der Waals surface area contributed by atoms with Crippen molar-refractivity contribution in [2.75, 3.05) is 39.6 Å². The van der Waals surface area contributed by atoms with Crippen molar-refractivity contribution in [3.8, 4) is 34.5 Å². The van der Waals surface area contributed by atoms with E-state index in [-0.39, 0.29) is 0 Å². The summed E-state index contributed by atoms with van der Waals surface area (Å²) >= 11 is 0. The fourth-order valence-electron chi connectivity index (χ4n) is 14.8. The quantitative estimate of drug-likeness (QED) is 0.0204. The Labute approximate surface area is 632 Å². The third-order valence-electron chi connectivity index (χ3n) is 21.4. The van der Waals surface area contributed by atoms with E-state index in [2.05, 4.69) is 53.7 Å². The largest absolute Gasteiger partial charge is 0.490 e. The van der Waals surface area contributed by atoms with Crippen LogP contribution in [0.5, 0.6) is 34.5 Å². The van der Waals surface area contributed by atoms with Gasteiger partial charge in [-0.2, -0.15) is 0 Å². The molecule has 0 atom stereocenters. The first-order chi connectivity index (χ1) is 51.5. The van der Waals surface area contributed by atoms with Gasteiger partial charge in [-0.25, -0.2) is 29.9 Å². The average molecular weight is 1430 g/mol. The average Bonchev–Trinajstić information content (AvgIpc) is 0.718. The zero-order chi connectivity index (χ0) is 73.0. The standard InChI is InChI=1S/C92H148N6O6/c1-7-13-19-25-31-37-39-41-43-49-55-61-67-103-85-73-79-80(74-86(85)104-68-62-56-50-44-42-40-38-32-26-20-14-8-2)98-92-90-88(94-76-70-82(100-64-58-52-46-34-28-22-16-10-4)84(72-78(76)96-90)102-66-60-54-48-36-30-24-18-12-6)87-89(91(92)97-79)95-77-71-83(101-65-59-53-47-35-29-23-17-11-5)81(69-75(77)93-87)99-63-57-51-45-33-27-21-15-9-3/h69-74H,7-68H2,1-6H3. The van der Waals surface area contributed by atoms with Crippen molar-refractivity contribution in [3.05, 3.63) is 36.4 Å². The van der Waals surface area contributed by atoms with Gasteiger partial charge < -0.3 is 28.4 Å². The lowest BCUT2D eigenvalue weighted by atomic mass is 10.1. The van der Waals surface area contributed by atoms with Gasteiger partial charge in [0.05, 0.1) is 72.7 Å².